The fourth-order valence-electron chi connectivity index (χ4n) is 2.18. The lowest BCUT2D eigenvalue weighted by Crippen LogP contribution is -2.37. The van der Waals surface area contributed by atoms with E-state index in [1.165, 1.54) is 13.0 Å². The number of carbonyl (C=O) groups excluding carboxylic acids is 1. The Labute approximate surface area is 123 Å². The summed E-state index contributed by atoms with van der Waals surface area (Å²) in [4.78, 5) is 10.9. The summed E-state index contributed by atoms with van der Waals surface area (Å²) in [7, 11) is -3.73. The van der Waals surface area contributed by atoms with Crippen molar-refractivity contribution in [2.45, 2.75) is 30.7 Å². The van der Waals surface area contributed by atoms with Crippen molar-refractivity contribution < 1.29 is 17.6 Å². The van der Waals surface area contributed by atoms with Crippen LogP contribution in [0.5, 0.6) is 0 Å². The Bertz CT molecular complexity index is 628. The average Bonchev–Trinajstić information content (AvgIpc) is 2.91. The fourth-order valence-corrected chi connectivity index (χ4v) is 3.29. The van der Waals surface area contributed by atoms with Crippen molar-refractivity contribution in [2.75, 3.05) is 18.4 Å². The van der Waals surface area contributed by atoms with Crippen molar-refractivity contribution in [1.29, 1.82) is 0 Å². The lowest BCUT2D eigenvalue weighted by atomic mass is 10.2. The molecule has 0 spiro atoms. The van der Waals surface area contributed by atoms with Crippen LogP contribution in [-0.2, 0) is 14.8 Å². The van der Waals surface area contributed by atoms with Crippen LogP contribution in [0.1, 0.15) is 19.8 Å². The van der Waals surface area contributed by atoms with E-state index in [0.717, 1.165) is 31.5 Å². The van der Waals surface area contributed by atoms with Gasteiger partial charge in [0.1, 0.15) is 5.82 Å². The van der Waals surface area contributed by atoms with E-state index in [9.17, 15) is 17.6 Å². The van der Waals surface area contributed by atoms with Crippen molar-refractivity contribution in [3.05, 3.63) is 24.0 Å². The van der Waals surface area contributed by atoms with Crippen LogP contribution < -0.4 is 15.4 Å². The van der Waals surface area contributed by atoms with Gasteiger partial charge >= 0.3 is 0 Å². The van der Waals surface area contributed by atoms with Crippen molar-refractivity contribution in [1.82, 2.24) is 10.0 Å². The summed E-state index contributed by atoms with van der Waals surface area (Å²) in [6.45, 7) is 2.40. The molecule has 1 saturated heterocycles. The summed E-state index contributed by atoms with van der Waals surface area (Å²) >= 11 is 0. The third-order valence-electron chi connectivity index (χ3n) is 3.24. The number of nitrogens with one attached hydrogen (secondary N) is 3. The summed E-state index contributed by atoms with van der Waals surface area (Å²) in [6.07, 6.45) is 1.94. The van der Waals surface area contributed by atoms with Crippen LogP contribution in [0.15, 0.2) is 23.1 Å². The van der Waals surface area contributed by atoms with Gasteiger partial charge in [-0.2, -0.15) is 0 Å². The minimum atomic E-state index is -3.73. The second-order valence-corrected chi connectivity index (χ2v) is 6.73. The van der Waals surface area contributed by atoms with Gasteiger partial charge in [-0.15, -0.1) is 0 Å². The van der Waals surface area contributed by atoms with Crippen LogP contribution in [0, 0.1) is 5.82 Å². The summed E-state index contributed by atoms with van der Waals surface area (Å²) in [6, 6.07) is 3.43. The molecule has 1 heterocycles. The highest BCUT2D eigenvalue weighted by atomic mass is 32.2. The molecule has 6 nitrogen and oxygen atoms in total. The van der Waals surface area contributed by atoms with Gasteiger partial charge in [0.2, 0.25) is 15.9 Å². The number of carbonyl (C=O) groups is 1. The number of benzene rings is 1. The summed E-state index contributed by atoms with van der Waals surface area (Å²) in [5.41, 5.74) is -0.149. The number of halogens is 1. The van der Waals surface area contributed by atoms with Crippen LogP contribution in [0.25, 0.3) is 0 Å². The highest BCUT2D eigenvalue weighted by Gasteiger charge is 2.20. The standard InChI is InChI=1S/C13H18FN3O3S/c1-9(18)17-13-7-11(4-5-12(13)14)21(19,20)16-8-10-3-2-6-15-10/h4-5,7,10,15-16H,2-3,6,8H2,1H3,(H,17,18). The van der Waals surface area contributed by atoms with Gasteiger partial charge in [0, 0.05) is 19.5 Å². The highest BCUT2D eigenvalue weighted by Crippen LogP contribution is 2.19. The molecular weight excluding hydrogens is 297 g/mol. The van der Waals surface area contributed by atoms with E-state index in [-0.39, 0.29) is 23.2 Å². The van der Waals surface area contributed by atoms with Gasteiger partial charge in [-0.3, -0.25) is 4.79 Å². The van der Waals surface area contributed by atoms with Crippen LogP contribution in [0.2, 0.25) is 0 Å². The summed E-state index contributed by atoms with van der Waals surface area (Å²) in [5, 5.41) is 5.45. The van der Waals surface area contributed by atoms with Gasteiger partial charge in [0.25, 0.3) is 0 Å². The lowest BCUT2D eigenvalue weighted by molar-refractivity contribution is -0.114. The average molecular weight is 315 g/mol. The number of hydrogen-bond donors (Lipinski definition) is 3. The zero-order chi connectivity index (χ0) is 15.5. The summed E-state index contributed by atoms with van der Waals surface area (Å²) < 4.78 is 40.3. The molecule has 1 fully saturated rings. The predicted molar refractivity (Wildman–Crippen MR) is 76.9 cm³/mol. The maximum atomic E-state index is 13.5. The molecule has 1 unspecified atom stereocenters. The number of anilines is 1. The first kappa shape index (κ1) is 15.9. The predicted octanol–water partition coefficient (Wildman–Crippen LogP) is 0.814. The van der Waals surface area contributed by atoms with E-state index in [1.54, 1.807) is 0 Å². The molecule has 0 saturated carbocycles. The smallest absolute Gasteiger partial charge is 0.240 e. The Balaban J connectivity index is 2.13. The second-order valence-electron chi connectivity index (χ2n) is 4.97. The normalized spacial score (nSPS) is 18.7. The number of rotatable bonds is 5. The van der Waals surface area contributed by atoms with Crippen molar-refractivity contribution in [3.8, 4) is 0 Å². The van der Waals surface area contributed by atoms with Gasteiger partial charge in [0.15, 0.2) is 0 Å². The minimum Gasteiger partial charge on any atom is -0.324 e. The molecule has 1 aromatic carbocycles. The molecule has 3 N–H and O–H groups in total. The van der Waals surface area contributed by atoms with Crippen molar-refractivity contribution in [2.24, 2.45) is 0 Å². The Hall–Kier alpha value is -1.51. The Morgan fingerprint density at radius 2 is 2.24 bits per heavy atom. The quantitative estimate of drug-likeness (QED) is 0.750. The number of sulfonamides is 1. The maximum absolute atomic E-state index is 13.5. The zero-order valence-corrected chi connectivity index (χ0v) is 12.5. The topological polar surface area (TPSA) is 87.3 Å². The van der Waals surface area contributed by atoms with Gasteiger partial charge in [-0.05, 0) is 37.6 Å². The molecule has 2 rings (SSSR count). The summed E-state index contributed by atoms with van der Waals surface area (Å²) in [5.74, 6) is -1.15. The lowest BCUT2D eigenvalue weighted by Gasteiger charge is -2.13. The first-order valence-corrected chi connectivity index (χ1v) is 8.17. The Morgan fingerprint density at radius 3 is 2.86 bits per heavy atom. The molecule has 0 aromatic heterocycles. The molecule has 21 heavy (non-hydrogen) atoms. The van der Waals surface area contributed by atoms with E-state index >= 15 is 0 Å². The molecule has 0 aliphatic carbocycles. The molecule has 0 radical (unpaired) electrons. The van der Waals surface area contributed by atoms with Crippen molar-refractivity contribution in [3.63, 3.8) is 0 Å². The third kappa shape index (κ3) is 4.23. The second kappa shape index (κ2) is 6.50. The van der Waals surface area contributed by atoms with E-state index < -0.39 is 21.7 Å². The molecule has 1 aromatic rings. The van der Waals surface area contributed by atoms with Gasteiger partial charge < -0.3 is 10.6 Å². The molecule has 1 aliphatic heterocycles. The van der Waals surface area contributed by atoms with Gasteiger partial charge in [-0.1, -0.05) is 0 Å². The fraction of sp³-hybridized carbons (Fsp3) is 0.462. The van der Waals surface area contributed by atoms with E-state index in [4.69, 9.17) is 0 Å². The first-order chi connectivity index (χ1) is 9.88. The van der Waals surface area contributed by atoms with E-state index in [1.807, 2.05) is 0 Å². The van der Waals surface area contributed by atoms with Gasteiger partial charge in [-0.25, -0.2) is 17.5 Å². The van der Waals surface area contributed by atoms with Crippen molar-refractivity contribution >= 4 is 21.6 Å². The molecule has 1 aliphatic rings. The number of hydrogen-bond acceptors (Lipinski definition) is 4. The van der Waals surface area contributed by atoms with Crippen LogP contribution in [-0.4, -0.2) is 33.5 Å². The molecule has 1 atom stereocenters. The number of amides is 1. The Kier molecular flexibility index (Phi) is 4.92. The SMILES string of the molecule is CC(=O)Nc1cc(S(=O)(=O)NCC2CCCN2)ccc1F. The van der Waals surface area contributed by atoms with E-state index in [2.05, 4.69) is 15.4 Å². The third-order valence-corrected chi connectivity index (χ3v) is 4.66. The zero-order valence-electron chi connectivity index (χ0n) is 11.6. The maximum Gasteiger partial charge on any atom is 0.240 e. The van der Waals surface area contributed by atoms with Gasteiger partial charge in [0.05, 0.1) is 10.6 Å². The van der Waals surface area contributed by atoms with E-state index in [0.29, 0.717) is 0 Å². The van der Waals surface area contributed by atoms with Crippen LogP contribution in [0.3, 0.4) is 0 Å². The minimum absolute atomic E-state index is 0.0781. The largest absolute Gasteiger partial charge is 0.324 e. The molecule has 0 bridgehead atoms. The monoisotopic (exact) mass is 315 g/mol. The Morgan fingerprint density at radius 1 is 1.48 bits per heavy atom. The highest BCUT2D eigenvalue weighted by molar-refractivity contribution is 7.89. The molecule has 116 valence electrons. The molecular formula is C13H18FN3O3S. The molecule has 1 amide bonds. The molecule has 8 heteroatoms. The van der Waals surface area contributed by atoms with Crippen LogP contribution in [0.4, 0.5) is 10.1 Å². The first-order valence-electron chi connectivity index (χ1n) is 6.69. The van der Waals surface area contributed by atoms with Crippen LogP contribution >= 0.6 is 0 Å².